The fourth-order valence-electron chi connectivity index (χ4n) is 2.94. The summed E-state index contributed by atoms with van der Waals surface area (Å²) >= 11 is 0. The minimum atomic E-state index is -0.436. The smallest absolute Gasteiger partial charge is 0.0897 e. The molecule has 1 unspecified atom stereocenters. The van der Waals surface area contributed by atoms with Crippen LogP contribution in [0, 0.1) is 0 Å². The third-order valence-corrected chi connectivity index (χ3v) is 4.10. The number of ether oxygens (including phenoxy) is 1. The van der Waals surface area contributed by atoms with Gasteiger partial charge in [-0.1, -0.05) is 26.2 Å². The number of rotatable bonds is 8. The molecule has 0 spiro atoms. The standard InChI is InChI=1S/C16H29N3O2/c1-3-16-13(11-19(2)18-16)9-17-10-14(20)12-21-15-7-5-4-6-8-15/h11,14-15,17,20H,3-10,12H2,1-2H3. The van der Waals surface area contributed by atoms with Crippen LogP contribution in [0.1, 0.15) is 50.3 Å². The van der Waals surface area contributed by atoms with Gasteiger partial charge in [0.1, 0.15) is 0 Å². The van der Waals surface area contributed by atoms with E-state index in [0.29, 0.717) is 19.3 Å². The highest BCUT2D eigenvalue weighted by Crippen LogP contribution is 2.20. The predicted molar refractivity (Wildman–Crippen MR) is 83.1 cm³/mol. The molecule has 0 aliphatic heterocycles. The van der Waals surface area contributed by atoms with Gasteiger partial charge in [-0.3, -0.25) is 4.68 Å². The molecule has 1 heterocycles. The Kier molecular flexibility index (Phi) is 6.67. The highest BCUT2D eigenvalue weighted by Gasteiger charge is 2.15. The van der Waals surface area contributed by atoms with Crippen LogP contribution in [0.4, 0.5) is 0 Å². The van der Waals surface area contributed by atoms with Crippen molar-refractivity contribution in [3.63, 3.8) is 0 Å². The highest BCUT2D eigenvalue weighted by atomic mass is 16.5. The molecule has 120 valence electrons. The van der Waals surface area contributed by atoms with Crippen LogP contribution in [-0.4, -0.2) is 40.2 Å². The van der Waals surface area contributed by atoms with E-state index in [4.69, 9.17) is 4.74 Å². The maximum Gasteiger partial charge on any atom is 0.0897 e. The summed E-state index contributed by atoms with van der Waals surface area (Å²) in [5.41, 5.74) is 2.33. The molecule has 0 saturated heterocycles. The first-order chi connectivity index (χ1) is 10.2. The van der Waals surface area contributed by atoms with Gasteiger partial charge in [-0.25, -0.2) is 0 Å². The zero-order valence-electron chi connectivity index (χ0n) is 13.3. The quantitative estimate of drug-likeness (QED) is 0.767. The van der Waals surface area contributed by atoms with E-state index >= 15 is 0 Å². The van der Waals surface area contributed by atoms with Gasteiger partial charge in [-0.15, -0.1) is 0 Å². The molecule has 0 amide bonds. The summed E-state index contributed by atoms with van der Waals surface area (Å²) in [5, 5.41) is 17.7. The topological polar surface area (TPSA) is 59.3 Å². The number of nitrogens with one attached hydrogen (secondary N) is 1. The molecule has 1 aromatic rings. The average Bonchev–Trinajstić information content (AvgIpc) is 2.86. The summed E-state index contributed by atoms with van der Waals surface area (Å²) in [7, 11) is 1.94. The SMILES string of the molecule is CCc1nn(C)cc1CNCC(O)COC1CCCCC1. The van der Waals surface area contributed by atoms with Crippen molar-refractivity contribution in [2.24, 2.45) is 7.05 Å². The zero-order valence-corrected chi connectivity index (χ0v) is 13.3. The number of hydrogen-bond acceptors (Lipinski definition) is 4. The van der Waals surface area contributed by atoms with Crippen molar-refractivity contribution in [2.75, 3.05) is 13.2 Å². The van der Waals surface area contributed by atoms with Crippen LogP contribution < -0.4 is 5.32 Å². The van der Waals surface area contributed by atoms with Crippen LogP contribution in [0.15, 0.2) is 6.20 Å². The van der Waals surface area contributed by atoms with Crippen LogP contribution in [-0.2, 0) is 24.8 Å². The van der Waals surface area contributed by atoms with Crippen molar-refractivity contribution >= 4 is 0 Å². The Hall–Kier alpha value is -0.910. The Morgan fingerprint density at radius 2 is 2.19 bits per heavy atom. The number of aryl methyl sites for hydroxylation is 2. The lowest BCUT2D eigenvalue weighted by molar-refractivity contribution is -0.0230. The van der Waals surface area contributed by atoms with Crippen molar-refractivity contribution in [3.05, 3.63) is 17.5 Å². The van der Waals surface area contributed by atoms with Gasteiger partial charge < -0.3 is 15.2 Å². The number of aliphatic hydroxyl groups excluding tert-OH is 1. The van der Waals surface area contributed by atoms with E-state index in [1.807, 2.05) is 17.9 Å². The van der Waals surface area contributed by atoms with E-state index < -0.39 is 6.10 Å². The lowest BCUT2D eigenvalue weighted by atomic mass is 9.98. The maximum atomic E-state index is 9.98. The molecule has 2 N–H and O–H groups in total. The summed E-state index contributed by atoms with van der Waals surface area (Å²) in [6.07, 6.45) is 9.05. The minimum absolute atomic E-state index is 0.360. The van der Waals surface area contributed by atoms with Gasteiger partial charge in [-0.2, -0.15) is 5.10 Å². The average molecular weight is 295 g/mol. The Balaban J connectivity index is 1.63. The Bertz CT molecular complexity index is 414. The Labute approximate surface area is 127 Å². The molecule has 5 nitrogen and oxygen atoms in total. The van der Waals surface area contributed by atoms with Crippen LogP contribution in [0.5, 0.6) is 0 Å². The maximum absolute atomic E-state index is 9.98. The molecule has 1 aliphatic rings. The number of hydrogen-bond donors (Lipinski definition) is 2. The number of aromatic nitrogens is 2. The molecule has 5 heteroatoms. The molecule has 21 heavy (non-hydrogen) atoms. The molecule has 1 fully saturated rings. The van der Waals surface area contributed by atoms with E-state index in [1.165, 1.54) is 24.8 Å². The molecular formula is C16H29N3O2. The Morgan fingerprint density at radius 1 is 1.43 bits per heavy atom. The monoisotopic (exact) mass is 295 g/mol. The lowest BCUT2D eigenvalue weighted by Gasteiger charge is -2.23. The molecule has 0 bridgehead atoms. The van der Waals surface area contributed by atoms with E-state index in [2.05, 4.69) is 17.3 Å². The molecule has 2 rings (SSSR count). The van der Waals surface area contributed by atoms with Crippen LogP contribution >= 0.6 is 0 Å². The Morgan fingerprint density at radius 3 is 2.90 bits per heavy atom. The summed E-state index contributed by atoms with van der Waals surface area (Å²) in [4.78, 5) is 0. The fourth-order valence-corrected chi connectivity index (χ4v) is 2.94. The summed E-state index contributed by atoms with van der Waals surface area (Å²) in [5.74, 6) is 0. The summed E-state index contributed by atoms with van der Waals surface area (Å²) < 4.78 is 7.64. The van der Waals surface area contributed by atoms with Crippen LogP contribution in [0.25, 0.3) is 0 Å². The second kappa shape index (κ2) is 8.51. The van der Waals surface area contributed by atoms with Gasteiger partial charge in [-0.05, 0) is 19.3 Å². The van der Waals surface area contributed by atoms with Gasteiger partial charge in [0.2, 0.25) is 0 Å². The van der Waals surface area contributed by atoms with Crippen LogP contribution in [0.3, 0.4) is 0 Å². The number of nitrogens with zero attached hydrogens (tertiary/aromatic N) is 2. The van der Waals surface area contributed by atoms with E-state index in [-0.39, 0.29) is 0 Å². The summed E-state index contributed by atoms with van der Waals surface area (Å²) in [6, 6.07) is 0. The normalized spacial score (nSPS) is 18.0. The van der Waals surface area contributed by atoms with Crippen molar-refractivity contribution < 1.29 is 9.84 Å². The molecule has 1 aliphatic carbocycles. The van der Waals surface area contributed by atoms with E-state index in [9.17, 15) is 5.11 Å². The van der Waals surface area contributed by atoms with Gasteiger partial charge in [0, 0.05) is 31.9 Å². The largest absolute Gasteiger partial charge is 0.389 e. The highest BCUT2D eigenvalue weighted by molar-refractivity contribution is 5.16. The predicted octanol–water partition coefficient (Wildman–Crippen LogP) is 1.78. The lowest BCUT2D eigenvalue weighted by Crippen LogP contribution is -2.32. The molecular weight excluding hydrogens is 266 g/mol. The van der Waals surface area contributed by atoms with E-state index in [1.54, 1.807) is 0 Å². The number of aliphatic hydroxyl groups is 1. The zero-order chi connectivity index (χ0) is 15.1. The van der Waals surface area contributed by atoms with Crippen LogP contribution in [0.2, 0.25) is 0 Å². The summed E-state index contributed by atoms with van der Waals surface area (Å²) in [6.45, 7) is 3.85. The van der Waals surface area contributed by atoms with Crippen molar-refractivity contribution in [1.29, 1.82) is 0 Å². The molecule has 0 aromatic carbocycles. The second-order valence-corrected chi connectivity index (χ2v) is 6.01. The second-order valence-electron chi connectivity index (χ2n) is 6.01. The molecule has 1 atom stereocenters. The van der Waals surface area contributed by atoms with Crippen molar-refractivity contribution in [2.45, 2.75) is 64.2 Å². The van der Waals surface area contributed by atoms with Gasteiger partial charge in [0.25, 0.3) is 0 Å². The fraction of sp³-hybridized carbons (Fsp3) is 0.812. The molecule has 1 aromatic heterocycles. The van der Waals surface area contributed by atoms with Crippen molar-refractivity contribution in [3.8, 4) is 0 Å². The van der Waals surface area contributed by atoms with Gasteiger partial charge in [0.05, 0.1) is 24.5 Å². The van der Waals surface area contributed by atoms with Crippen molar-refractivity contribution in [1.82, 2.24) is 15.1 Å². The van der Waals surface area contributed by atoms with Gasteiger partial charge in [0.15, 0.2) is 0 Å². The molecule has 1 saturated carbocycles. The first-order valence-electron chi connectivity index (χ1n) is 8.20. The first kappa shape index (κ1) is 16.5. The third-order valence-electron chi connectivity index (χ3n) is 4.10. The van der Waals surface area contributed by atoms with E-state index in [0.717, 1.165) is 31.5 Å². The first-order valence-corrected chi connectivity index (χ1v) is 8.20. The van der Waals surface area contributed by atoms with Gasteiger partial charge >= 0.3 is 0 Å². The third kappa shape index (κ3) is 5.41. The molecule has 0 radical (unpaired) electrons. The minimum Gasteiger partial charge on any atom is -0.389 e.